The number of carbonyl (C=O) groups is 1. The summed E-state index contributed by atoms with van der Waals surface area (Å²) in [6.45, 7) is 2.73. The summed E-state index contributed by atoms with van der Waals surface area (Å²) in [6.07, 6.45) is 3.36. The summed E-state index contributed by atoms with van der Waals surface area (Å²) < 4.78 is 0. The van der Waals surface area contributed by atoms with Crippen LogP contribution >= 0.6 is 0 Å². The lowest BCUT2D eigenvalue weighted by Crippen LogP contribution is -2.18. The summed E-state index contributed by atoms with van der Waals surface area (Å²) in [5.41, 5.74) is 4.50. The Balaban J connectivity index is 1.74. The lowest BCUT2D eigenvalue weighted by molar-refractivity contribution is 0.102. The van der Waals surface area contributed by atoms with Crippen molar-refractivity contribution in [3.05, 3.63) is 89.7 Å². The number of nitrogens with zero attached hydrogens (tertiary/aromatic N) is 2. The van der Waals surface area contributed by atoms with Gasteiger partial charge in [0, 0.05) is 25.5 Å². The monoisotopic (exact) mass is 331 g/mol. The summed E-state index contributed by atoms with van der Waals surface area (Å²) >= 11 is 0. The zero-order chi connectivity index (χ0) is 17.6. The summed E-state index contributed by atoms with van der Waals surface area (Å²) in [6, 6.07) is 19.8. The Kier molecular flexibility index (Phi) is 5.09. The van der Waals surface area contributed by atoms with Gasteiger partial charge in [-0.2, -0.15) is 0 Å². The SMILES string of the molecule is Cc1ccccc1NC(=O)c1cncc(N(C)Cc2ccccc2)c1. The average Bonchev–Trinajstić information content (AvgIpc) is 2.64. The van der Waals surface area contributed by atoms with Crippen molar-refractivity contribution in [1.82, 2.24) is 4.98 Å². The number of nitrogens with one attached hydrogen (secondary N) is 1. The predicted octanol–water partition coefficient (Wildman–Crippen LogP) is 4.28. The normalized spacial score (nSPS) is 10.3. The second-order valence-corrected chi connectivity index (χ2v) is 6.04. The van der Waals surface area contributed by atoms with Crippen molar-refractivity contribution in [3.8, 4) is 0 Å². The molecule has 1 amide bonds. The Morgan fingerprint density at radius 2 is 1.76 bits per heavy atom. The largest absolute Gasteiger partial charge is 0.369 e. The molecule has 0 radical (unpaired) electrons. The van der Waals surface area contributed by atoms with E-state index < -0.39 is 0 Å². The van der Waals surface area contributed by atoms with Crippen molar-refractivity contribution in [2.24, 2.45) is 0 Å². The van der Waals surface area contributed by atoms with Crippen LogP contribution in [0.25, 0.3) is 0 Å². The summed E-state index contributed by atoms with van der Waals surface area (Å²) in [4.78, 5) is 18.8. The standard InChI is InChI=1S/C21H21N3O/c1-16-8-6-7-11-20(16)23-21(25)18-12-19(14-22-13-18)24(2)15-17-9-4-3-5-10-17/h3-14H,15H2,1-2H3,(H,23,25). The second-order valence-electron chi connectivity index (χ2n) is 6.04. The minimum atomic E-state index is -0.156. The molecule has 0 aliphatic carbocycles. The highest BCUT2D eigenvalue weighted by atomic mass is 16.1. The van der Waals surface area contributed by atoms with Crippen molar-refractivity contribution in [1.29, 1.82) is 0 Å². The van der Waals surface area contributed by atoms with Gasteiger partial charge < -0.3 is 10.2 Å². The topological polar surface area (TPSA) is 45.2 Å². The molecule has 0 atom stereocenters. The van der Waals surface area contributed by atoms with E-state index in [0.29, 0.717) is 5.56 Å². The zero-order valence-electron chi connectivity index (χ0n) is 14.4. The molecular weight excluding hydrogens is 310 g/mol. The fraction of sp³-hybridized carbons (Fsp3) is 0.143. The quantitative estimate of drug-likeness (QED) is 0.759. The molecule has 4 nitrogen and oxygen atoms in total. The molecule has 1 N–H and O–H groups in total. The van der Waals surface area contributed by atoms with Crippen LogP contribution in [0.5, 0.6) is 0 Å². The molecule has 0 aliphatic rings. The molecule has 0 unspecified atom stereocenters. The number of carbonyl (C=O) groups excluding carboxylic acids is 1. The molecule has 25 heavy (non-hydrogen) atoms. The van der Waals surface area contributed by atoms with Gasteiger partial charge >= 0.3 is 0 Å². The van der Waals surface area contributed by atoms with Gasteiger partial charge in [0.2, 0.25) is 0 Å². The van der Waals surface area contributed by atoms with E-state index >= 15 is 0 Å². The molecule has 0 fully saturated rings. The Morgan fingerprint density at radius 3 is 2.52 bits per heavy atom. The van der Waals surface area contributed by atoms with Gasteiger partial charge in [-0.15, -0.1) is 0 Å². The summed E-state index contributed by atoms with van der Waals surface area (Å²) in [5, 5.41) is 2.94. The number of aromatic nitrogens is 1. The predicted molar refractivity (Wildman–Crippen MR) is 102 cm³/mol. The highest BCUT2D eigenvalue weighted by Crippen LogP contribution is 2.18. The summed E-state index contributed by atoms with van der Waals surface area (Å²) in [7, 11) is 1.99. The Hall–Kier alpha value is -3.14. The highest BCUT2D eigenvalue weighted by molar-refractivity contribution is 6.04. The van der Waals surface area contributed by atoms with Gasteiger partial charge in [-0.05, 0) is 30.2 Å². The van der Waals surface area contributed by atoms with E-state index in [1.165, 1.54) is 5.56 Å². The van der Waals surface area contributed by atoms with Crippen molar-refractivity contribution < 1.29 is 4.79 Å². The number of aryl methyl sites for hydroxylation is 1. The maximum absolute atomic E-state index is 12.5. The van der Waals surface area contributed by atoms with Crippen LogP contribution in [0.2, 0.25) is 0 Å². The number of para-hydroxylation sites is 1. The van der Waals surface area contributed by atoms with Crippen molar-refractivity contribution >= 4 is 17.3 Å². The highest BCUT2D eigenvalue weighted by Gasteiger charge is 2.10. The molecule has 3 rings (SSSR count). The number of hydrogen-bond donors (Lipinski definition) is 1. The van der Waals surface area contributed by atoms with E-state index in [1.807, 2.05) is 62.5 Å². The lowest BCUT2D eigenvalue weighted by atomic mass is 10.1. The van der Waals surface area contributed by atoms with E-state index in [2.05, 4.69) is 27.3 Å². The molecule has 2 aromatic carbocycles. The second kappa shape index (κ2) is 7.62. The zero-order valence-corrected chi connectivity index (χ0v) is 14.4. The first-order valence-electron chi connectivity index (χ1n) is 8.20. The molecule has 0 saturated carbocycles. The maximum Gasteiger partial charge on any atom is 0.257 e. The van der Waals surface area contributed by atoms with E-state index in [4.69, 9.17) is 0 Å². The molecule has 1 aromatic heterocycles. The molecule has 0 spiro atoms. The first-order valence-corrected chi connectivity index (χ1v) is 8.20. The molecule has 126 valence electrons. The summed E-state index contributed by atoms with van der Waals surface area (Å²) in [5.74, 6) is -0.156. The van der Waals surface area contributed by atoms with Gasteiger partial charge in [-0.3, -0.25) is 9.78 Å². The van der Waals surface area contributed by atoms with Gasteiger partial charge in [-0.1, -0.05) is 48.5 Å². The van der Waals surface area contributed by atoms with Crippen LogP contribution in [0.1, 0.15) is 21.5 Å². The minimum Gasteiger partial charge on any atom is -0.369 e. The van der Waals surface area contributed by atoms with Crippen LogP contribution in [0.3, 0.4) is 0 Å². The molecule has 4 heteroatoms. The van der Waals surface area contributed by atoms with Crippen molar-refractivity contribution in [2.75, 3.05) is 17.3 Å². The third-order valence-corrected chi connectivity index (χ3v) is 4.08. The fourth-order valence-electron chi connectivity index (χ4n) is 2.62. The van der Waals surface area contributed by atoms with E-state index in [-0.39, 0.29) is 5.91 Å². The molecule has 3 aromatic rings. The third kappa shape index (κ3) is 4.23. The fourth-order valence-corrected chi connectivity index (χ4v) is 2.62. The number of amides is 1. The van der Waals surface area contributed by atoms with Gasteiger partial charge in [-0.25, -0.2) is 0 Å². The number of rotatable bonds is 5. The van der Waals surface area contributed by atoms with Crippen LogP contribution in [-0.4, -0.2) is 17.9 Å². The first kappa shape index (κ1) is 16.7. The van der Waals surface area contributed by atoms with Crippen LogP contribution < -0.4 is 10.2 Å². The lowest BCUT2D eigenvalue weighted by Gasteiger charge is -2.19. The van der Waals surface area contributed by atoms with E-state index in [0.717, 1.165) is 23.5 Å². The van der Waals surface area contributed by atoms with E-state index in [1.54, 1.807) is 12.4 Å². The van der Waals surface area contributed by atoms with Gasteiger partial charge in [0.1, 0.15) is 0 Å². The van der Waals surface area contributed by atoms with Crippen LogP contribution in [0.4, 0.5) is 11.4 Å². The molecule has 0 bridgehead atoms. The number of benzene rings is 2. The number of hydrogen-bond acceptors (Lipinski definition) is 3. The van der Waals surface area contributed by atoms with E-state index in [9.17, 15) is 4.79 Å². The van der Waals surface area contributed by atoms with Crippen LogP contribution in [0, 0.1) is 6.92 Å². The van der Waals surface area contributed by atoms with Crippen molar-refractivity contribution in [3.63, 3.8) is 0 Å². The number of anilines is 2. The average molecular weight is 331 g/mol. The molecule has 0 saturated heterocycles. The van der Waals surface area contributed by atoms with Gasteiger partial charge in [0.05, 0.1) is 17.4 Å². The molecule has 1 heterocycles. The van der Waals surface area contributed by atoms with Crippen molar-refractivity contribution in [2.45, 2.75) is 13.5 Å². The Morgan fingerprint density at radius 1 is 1.04 bits per heavy atom. The van der Waals surface area contributed by atoms with Crippen LogP contribution in [-0.2, 0) is 6.54 Å². The molecular formula is C21H21N3O. The smallest absolute Gasteiger partial charge is 0.257 e. The minimum absolute atomic E-state index is 0.156. The first-order chi connectivity index (χ1) is 12.1. The third-order valence-electron chi connectivity index (χ3n) is 4.08. The number of pyridine rings is 1. The van der Waals surface area contributed by atoms with Gasteiger partial charge in [0.25, 0.3) is 5.91 Å². The van der Waals surface area contributed by atoms with Gasteiger partial charge in [0.15, 0.2) is 0 Å². The Labute approximate surface area is 148 Å². The Bertz CT molecular complexity index is 862. The van der Waals surface area contributed by atoms with Crippen LogP contribution in [0.15, 0.2) is 73.1 Å². The molecule has 0 aliphatic heterocycles. The maximum atomic E-state index is 12.5.